The maximum Gasteiger partial charge on any atom is 0.0369 e. The summed E-state index contributed by atoms with van der Waals surface area (Å²) in [5.41, 5.74) is 9.56. The quantitative estimate of drug-likeness (QED) is 0.0924. The smallest absolute Gasteiger partial charge is 0.0369 e. The predicted molar refractivity (Wildman–Crippen MR) is 181 cm³/mol. The summed E-state index contributed by atoms with van der Waals surface area (Å²) in [5, 5.41) is 0. The zero-order chi connectivity index (χ0) is 28.9. The minimum atomic E-state index is 0.198. The molecule has 0 saturated heterocycles. The van der Waals surface area contributed by atoms with E-state index in [9.17, 15) is 0 Å². The number of benzene rings is 3. The summed E-state index contributed by atoms with van der Waals surface area (Å²) in [6.07, 6.45) is 8.14. The van der Waals surface area contributed by atoms with Crippen molar-refractivity contribution in [1.29, 1.82) is 0 Å². The number of anilines is 2. The second kappa shape index (κ2) is 16.8. The van der Waals surface area contributed by atoms with Crippen molar-refractivity contribution in [3.8, 4) is 0 Å². The van der Waals surface area contributed by atoms with Crippen molar-refractivity contribution >= 4 is 23.1 Å². The highest BCUT2D eigenvalue weighted by molar-refractivity contribution is 7.99. The van der Waals surface area contributed by atoms with Gasteiger partial charge in [-0.05, 0) is 118 Å². The molecule has 40 heavy (non-hydrogen) atoms. The average molecular weight is 559 g/mol. The molecule has 0 aliphatic carbocycles. The van der Waals surface area contributed by atoms with Crippen LogP contribution in [-0.2, 0) is 0 Å². The van der Waals surface area contributed by atoms with E-state index in [1.54, 1.807) is 0 Å². The van der Waals surface area contributed by atoms with E-state index in [4.69, 9.17) is 0 Å². The fraction of sp³-hybridized carbons (Fsp3) is 0.514. The minimum Gasteiger partial charge on any atom is -0.372 e. The normalized spacial score (nSPS) is 11.3. The first-order valence-electron chi connectivity index (χ1n) is 15.9. The van der Waals surface area contributed by atoms with Crippen LogP contribution in [0.5, 0.6) is 0 Å². The van der Waals surface area contributed by atoms with E-state index in [-0.39, 0.29) is 5.92 Å². The van der Waals surface area contributed by atoms with Gasteiger partial charge in [-0.25, -0.2) is 0 Å². The Hall–Kier alpha value is -2.39. The molecule has 0 amide bonds. The number of aryl methyl sites for hydroxylation is 2. The molecule has 0 bridgehead atoms. The van der Waals surface area contributed by atoms with Gasteiger partial charge in [0, 0.05) is 48.4 Å². The standard InChI is InChI=1S/C37H54N2S/c1-8-13-14-15-16-17-26-40-34-24-20-31(21-25-34)37(35-27-32(22-18-29(35)6)38(9-2)10-3)36-28-33(23-19-30(36)7)39(11-4)12-5/h18-25,27-28,37H,8-17,26H2,1-7H3. The highest BCUT2D eigenvalue weighted by atomic mass is 32.2. The second-order valence-electron chi connectivity index (χ2n) is 11.0. The Morgan fingerprint density at radius 3 is 1.52 bits per heavy atom. The summed E-state index contributed by atoms with van der Waals surface area (Å²) in [6, 6.07) is 23.6. The van der Waals surface area contributed by atoms with Crippen LogP contribution in [0.4, 0.5) is 11.4 Å². The number of unbranched alkanes of at least 4 members (excludes halogenated alkanes) is 5. The zero-order valence-corrected chi connectivity index (χ0v) is 27.2. The van der Waals surface area contributed by atoms with Crippen molar-refractivity contribution in [2.75, 3.05) is 41.7 Å². The fourth-order valence-corrected chi connectivity index (χ4v) is 6.72. The monoisotopic (exact) mass is 558 g/mol. The first-order valence-corrected chi connectivity index (χ1v) is 16.9. The van der Waals surface area contributed by atoms with Crippen LogP contribution in [0.2, 0.25) is 0 Å². The molecule has 0 atom stereocenters. The van der Waals surface area contributed by atoms with Gasteiger partial charge in [0.1, 0.15) is 0 Å². The van der Waals surface area contributed by atoms with Crippen molar-refractivity contribution in [1.82, 2.24) is 0 Å². The highest BCUT2D eigenvalue weighted by Gasteiger charge is 2.23. The SMILES string of the molecule is CCCCCCCCSc1ccc(C(c2cc(N(CC)CC)ccc2C)c2cc(N(CC)CC)ccc2C)cc1. The minimum absolute atomic E-state index is 0.198. The summed E-state index contributed by atoms with van der Waals surface area (Å²) in [4.78, 5) is 6.31. The van der Waals surface area contributed by atoms with Crippen LogP contribution in [0.3, 0.4) is 0 Å². The van der Waals surface area contributed by atoms with E-state index in [0.717, 1.165) is 26.2 Å². The molecule has 0 aromatic heterocycles. The molecule has 0 aliphatic heterocycles. The van der Waals surface area contributed by atoms with Gasteiger partial charge in [0.2, 0.25) is 0 Å². The third kappa shape index (κ3) is 8.56. The number of nitrogens with zero attached hydrogens (tertiary/aromatic N) is 2. The average Bonchev–Trinajstić information content (AvgIpc) is 2.97. The van der Waals surface area contributed by atoms with Crippen LogP contribution in [0.25, 0.3) is 0 Å². The van der Waals surface area contributed by atoms with Gasteiger partial charge in [0.25, 0.3) is 0 Å². The van der Waals surface area contributed by atoms with E-state index < -0.39 is 0 Å². The Labute approximate surface area is 250 Å². The van der Waals surface area contributed by atoms with E-state index in [1.165, 1.54) is 88.4 Å². The largest absolute Gasteiger partial charge is 0.372 e. The van der Waals surface area contributed by atoms with Crippen molar-refractivity contribution < 1.29 is 0 Å². The summed E-state index contributed by atoms with van der Waals surface area (Å²) in [6.45, 7) is 19.9. The van der Waals surface area contributed by atoms with Gasteiger partial charge in [-0.15, -0.1) is 11.8 Å². The van der Waals surface area contributed by atoms with Crippen molar-refractivity contribution in [2.24, 2.45) is 0 Å². The van der Waals surface area contributed by atoms with Crippen LogP contribution >= 0.6 is 11.8 Å². The molecular weight excluding hydrogens is 504 g/mol. The number of thioether (sulfide) groups is 1. The molecule has 218 valence electrons. The molecule has 3 aromatic rings. The maximum absolute atomic E-state index is 2.46. The van der Waals surface area contributed by atoms with Gasteiger partial charge < -0.3 is 9.80 Å². The van der Waals surface area contributed by atoms with Crippen molar-refractivity contribution in [2.45, 2.75) is 97.8 Å². The summed E-state index contributed by atoms with van der Waals surface area (Å²) >= 11 is 2.01. The van der Waals surface area contributed by atoms with E-state index in [2.05, 4.69) is 119 Å². The molecule has 0 radical (unpaired) electrons. The van der Waals surface area contributed by atoms with Crippen molar-refractivity contribution in [3.05, 3.63) is 88.5 Å². The molecule has 0 fully saturated rings. The lowest BCUT2D eigenvalue weighted by molar-refractivity contribution is 0.627. The summed E-state index contributed by atoms with van der Waals surface area (Å²) < 4.78 is 0. The second-order valence-corrected chi connectivity index (χ2v) is 12.2. The van der Waals surface area contributed by atoms with Gasteiger partial charge in [0.05, 0.1) is 0 Å². The highest BCUT2D eigenvalue weighted by Crippen LogP contribution is 2.39. The zero-order valence-electron chi connectivity index (χ0n) is 26.4. The molecule has 0 spiro atoms. The number of hydrogen-bond acceptors (Lipinski definition) is 3. The number of rotatable bonds is 17. The van der Waals surface area contributed by atoms with Gasteiger partial charge >= 0.3 is 0 Å². The summed E-state index contributed by atoms with van der Waals surface area (Å²) in [5.74, 6) is 1.41. The lowest BCUT2D eigenvalue weighted by Gasteiger charge is -2.28. The van der Waals surface area contributed by atoms with Crippen LogP contribution in [0.1, 0.15) is 107 Å². The lowest BCUT2D eigenvalue weighted by atomic mass is 9.81. The predicted octanol–water partition coefficient (Wildman–Crippen LogP) is 10.6. The summed E-state index contributed by atoms with van der Waals surface area (Å²) in [7, 11) is 0. The molecular formula is C37H54N2S. The first-order chi connectivity index (χ1) is 19.5. The van der Waals surface area contributed by atoms with E-state index >= 15 is 0 Å². The molecule has 0 N–H and O–H groups in total. The van der Waals surface area contributed by atoms with Gasteiger partial charge in [0.15, 0.2) is 0 Å². The Morgan fingerprint density at radius 2 is 1.05 bits per heavy atom. The Balaban J connectivity index is 1.98. The van der Waals surface area contributed by atoms with E-state index in [0.29, 0.717) is 0 Å². The van der Waals surface area contributed by atoms with Crippen LogP contribution in [-0.4, -0.2) is 31.9 Å². The molecule has 0 saturated carbocycles. The number of hydrogen-bond donors (Lipinski definition) is 0. The molecule has 0 aliphatic rings. The Kier molecular flexibility index (Phi) is 13.5. The molecule has 2 nitrogen and oxygen atoms in total. The Bertz CT molecular complexity index is 1080. The van der Waals surface area contributed by atoms with E-state index in [1.807, 2.05) is 11.8 Å². The molecule has 0 heterocycles. The first kappa shape index (κ1) is 32.1. The van der Waals surface area contributed by atoms with Crippen LogP contribution in [0.15, 0.2) is 65.6 Å². The molecule has 3 rings (SSSR count). The lowest BCUT2D eigenvalue weighted by Crippen LogP contribution is -2.23. The van der Waals surface area contributed by atoms with Gasteiger partial charge in [-0.1, -0.05) is 63.3 Å². The van der Waals surface area contributed by atoms with Crippen LogP contribution in [0, 0.1) is 13.8 Å². The third-order valence-corrected chi connectivity index (χ3v) is 9.48. The van der Waals surface area contributed by atoms with Crippen molar-refractivity contribution in [3.63, 3.8) is 0 Å². The van der Waals surface area contributed by atoms with Gasteiger partial charge in [-0.3, -0.25) is 0 Å². The maximum atomic E-state index is 2.46. The molecule has 3 heteroatoms. The fourth-order valence-electron chi connectivity index (χ4n) is 5.80. The molecule has 0 unspecified atom stereocenters. The van der Waals surface area contributed by atoms with Crippen LogP contribution < -0.4 is 9.80 Å². The topological polar surface area (TPSA) is 6.48 Å². The Morgan fingerprint density at radius 1 is 0.575 bits per heavy atom. The van der Waals surface area contributed by atoms with Gasteiger partial charge in [-0.2, -0.15) is 0 Å². The molecule has 3 aromatic carbocycles. The third-order valence-electron chi connectivity index (χ3n) is 8.38.